The Bertz CT molecular complexity index is 413. The van der Waals surface area contributed by atoms with Crippen LogP contribution in [0.2, 0.25) is 0 Å². The van der Waals surface area contributed by atoms with E-state index in [4.69, 9.17) is 0 Å². The molecule has 1 fully saturated rings. The molecule has 1 amide bonds. The Morgan fingerprint density at radius 2 is 2.37 bits per heavy atom. The van der Waals surface area contributed by atoms with Crippen LogP contribution in [0.25, 0.3) is 0 Å². The molecule has 6 heteroatoms. The second-order valence-electron chi connectivity index (χ2n) is 5.25. The van der Waals surface area contributed by atoms with Crippen LogP contribution in [0.15, 0.2) is 12.4 Å². The van der Waals surface area contributed by atoms with Crippen molar-refractivity contribution in [3.05, 3.63) is 18.0 Å². The Hall–Kier alpha value is -1.07. The van der Waals surface area contributed by atoms with Gasteiger partial charge in [0.05, 0.1) is 18.3 Å². The first kappa shape index (κ1) is 16.0. The Morgan fingerprint density at radius 3 is 2.95 bits per heavy atom. The van der Waals surface area contributed by atoms with Gasteiger partial charge in [0.1, 0.15) is 0 Å². The van der Waals surface area contributed by atoms with E-state index >= 15 is 0 Å². The van der Waals surface area contributed by atoms with Gasteiger partial charge in [-0.1, -0.05) is 0 Å². The van der Waals surface area contributed by atoms with E-state index in [0.29, 0.717) is 6.54 Å². The number of aryl methyl sites for hydroxylation is 1. The van der Waals surface area contributed by atoms with E-state index in [1.54, 1.807) is 0 Å². The first-order valence-corrected chi connectivity index (χ1v) is 6.62. The summed E-state index contributed by atoms with van der Waals surface area (Å²) >= 11 is 0. The molecule has 19 heavy (non-hydrogen) atoms. The molecule has 1 unspecified atom stereocenters. The van der Waals surface area contributed by atoms with Gasteiger partial charge < -0.3 is 10.6 Å². The van der Waals surface area contributed by atoms with Gasteiger partial charge in [-0.25, -0.2) is 0 Å². The topological polar surface area (TPSA) is 59.0 Å². The molecule has 1 aromatic heterocycles. The van der Waals surface area contributed by atoms with Gasteiger partial charge in [-0.05, 0) is 45.2 Å². The highest BCUT2D eigenvalue weighted by Crippen LogP contribution is 2.18. The fourth-order valence-electron chi connectivity index (χ4n) is 2.32. The minimum absolute atomic E-state index is 0. The highest BCUT2D eigenvalue weighted by atomic mass is 35.5. The molecular weight excluding hydrogens is 264 g/mol. The summed E-state index contributed by atoms with van der Waals surface area (Å²) in [6, 6.07) is 0. The largest absolute Gasteiger partial charge is 0.353 e. The molecule has 1 saturated heterocycles. The fraction of sp³-hybridized carbons (Fsp3) is 0.692. The molecule has 0 aliphatic carbocycles. The number of piperidine rings is 1. The van der Waals surface area contributed by atoms with Crippen LogP contribution in [0, 0.1) is 6.92 Å². The van der Waals surface area contributed by atoms with Crippen LogP contribution in [0.5, 0.6) is 0 Å². The number of halogens is 1. The summed E-state index contributed by atoms with van der Waals surface area (Å²) < 4.78 is 1.85. The van der Waals surface area contributed by atoms with Crippen LogP contribution in [-0.4, -0.2) is 34.3 Å². The number of nitrogens with zero attached hydrogens (tertiary/aromatic N) is 2. The van der Waals surface area contributed by atoms with Crippen molar-refractivity contribution >= 4 is 18.3 Å². The van der Waals surface area contributed by atoms with Crippen molar-refractivity contribution < 1.29 is 4.79 Å². The molecule has 0 aromatic carbocycles. The molecule has 2 N–H and O–H groups in total. The molecule has 0 spiro atoms. The fourth-order valence-corrected chi connectivity index (χ4v) is 2.32. The molecule has 0 radical (unpaired) electrons. The number of carbonyl (C=O) groups is 1. The zero-order valence-corrected chi connectivity index (χ0v) is 12.4. The maximum absolute atomic E-state index is 12.1. The van der Waals surface area contributed by atoms with Gasteiger partial charge >= 0.3 is 0 Å². The number of hydrogen-bond acceptors (Lipinski definition) is 3. The molecule has 1 aliphatic heterocycles. The predicted molar refractivity (Wildman–Crippen MR) is 77.5 cm³/mol. The van der Waals surface area contributed by atoms with E-state index in [2.05, 4.69) is 15.7 Å². The average Bonchev–Trinajstić information content (AvgIpc) is 2.76. The highest BCUT2D eigenvalue weighted by Gasteiger charge is 2.33. The third-order valence-corrected chi connectivity index (χ3v) is 3.51. The standard InChI is InChI=1S/C13H22N4O.ClH/c1-11-9-16-17(10-11)8-7-14-12(18)13(2)5-3-4-6-15-13;/h9-10,15H,3-8H2,1-2H3,(H,14,18);1H. The van der Waals surface area contributed by atoms with Crippen molar-refractivity contribution in [2.24, 2.45) is 0 Å². The maximum Gasteiger partial charge on any atom is 0.240 e. The average molecular weight is 287 g/mol. The summed E-state index contributed by atoms with van der Waals surface area (Å²) in [5, 5.41) is 10.5. The Labute approximate surface area is 120 Å². The van der Waals surface area contributed by atoms with Gasteiger partial charge in [0.25, 0.3) is 0 Å². The van der Waals surface area contributed by atoms with Crippen LogP contribution in [0.1, 0.15) is 31.7 Å². The third kappa shape index (κ3) is 4.21. The quantitative estimate of drug-likeness (QED) is 0.876. The lowest BCUT2D eigenvalue weighted by Crippen LogP contribution is -2.57. The summed E-state index contributed by atoms with van der Waals surface area (Å²) in [6.45, 7) is 6.27. The van der Waals surface area contributed by atoms with Gasteiger partial charge in [0.2, 0.25) is 5.91 Å². The van der Waals surface area contributed by atoms with Crippen LogP contribution < -0.4 is 10.6 Å². The number of amides is 1. The summed E-state index contributed by atoms with van der Waals surface area (Å²) in [4.78, 5) is 12.1. The number of carbonyl (C=O) groups excluding carboxylic acids is 1. The van der Waals surface area contributed by atoms with Gasteiger partial charge in [-0.15, -0.1) is 12.4 Å². The zero-order chi connectivity index (χ0) is 13.0. The van der Waals surface area contributed by atoms with E-state index in [-0.39, 0.29) is 18.3 Å². The highest BCUT2D eigenvalue weighted by molar-refractivity contribution is 5.86. The first-order valence-electron chi connectivity index (χ1n) is 6.62. The molecule has 1 aliphatic rings. The Morgan fingerprint density at radius 1 is 1.58 bits per heavy atom. The summed E-state index contributed by atoms with van der Waals surface area (Å²) in [6.07, 6.45) is 7.00. The SMILES string of the molecule is Cc1cnn(CCNC(=O)C2(C)CCCCN2)c1.Cl. The van der Waals surface area contributed by atoms with Crippen molar-refractivity contribution in [3.63, 3.8) is 0 Å². The number of nitrogens with one attached hydrogen (secondary N) is 2. The second-order valence-corrected chi connectivity index (χ2v) is 5.25. The molecule has 0 bridgehead atoms. The van der Waals surface area contributed by atoms with Gasteiger partial charge in [0, 0.05) is 12.7 Å². The van der Waals surface area contributed by atoms with Crippen LogP contribution in [0.4, 0.5) is 0 Å². The number of aromatic nitrogens is 2. The van der Waals surface area contributed by atoms with E-state index in [1.807, 2.05) is 30.9 Å². The minimum Gasteiger partial charge on any atom is -0.353 e. The van der Waals surface area contributed by atoms with Crippen LogP contribution >= 0.6 is 12.4 Å². The Kier molecular flexibility index (Phi) is 5.82. The van der Waals surface area contributed by atoms with Gasteiger partial charge in [-0.2, -0.15) is 5.10 Å². The van der Waals surface area contributed by atoms with E-state index in [0.717, 1.165) is 37.9 Å². The van der Waals surface area contributed by atoms with Gasteiger partial charge in [0.15, 0.2) is 0 Å². The monoisotopic (exact) mass is 286 g/mol. The maximum atomic E-state index is 12.1. The van der Waals surface area contributed by atoms with Crippen LogP contribution in [0.3, 0.4) is 0 Å². The van der Waals surface area contributed by atoms with E-state index in [1.165, 1.54) is 0 Å². The molecule has 2 rings (SSSR count). The third-order valence-electron chi connectivity index (χ3n) is 3.51. The Balaban J connectivity index is 0.00000180. The normalized spacial score (nSPS) is 22.6. The molecule has 108 valence electrons. The predicted octanol–water partition coefficient (Wildman–Crippen LogP) is 1.26. The van der Waals surface area contributed by atoms with Crippen molar-refractivity contribution in [2.75, 3.05) is 13.1 Å². The van der Waals surface area contributed by atoms with E-state index < -0.39 is 5.54 Å². The zero-order valence-electron chi connectivity index (χ0n) is 11.6. The first-order chi connectivity index (χ1) is 8.60. The number of rotatable bonds is 4. The minimum atomic E-state index is -0.391. The van der Waals surface area contributed by atoms with Gasteiger partial charge in [-0.3, -0.25) is 9.48 Å². The summed E-state index contributed by atoms with van der Waals surface area (Å²) in [5.41, 5.74) is 0.750. The van der Waals surface area contributed by atoms with Crippen molar-refractivity contribution in [1.82, 2.24) is 20.4 Å². The second kappa shape index (κ2) is 6.91. The number of hydrogen-bond donors (Lipinski definition) is 2. The molecule has 2 heterocycles. The van der Waals surface area contributed by atoms with Crippen LogP contribution in [-0.2, 0) is 11.3 Å². The van der Waals surface area contributed by atoms with Crippen molar-refractivity contribution in [2.45, 2.75) is 45.2 Å². The molecule has 1 aromatic rings. The lowest BCUT2D eigenvalue weighted by atomic mass is 9.90. The molecular formula is C13H23ClN4O. The molecule has 1 atom stereocenters. The van der Waals surface area contributed by atoms with Crippen molar-refractivity contribution in [1.29, 1.82) is 0 Å². The summed E-state index contributed by atoms with van der Waals surface area (Å²) in [7, 11) is 0. The lowest BCUT2D eigenvalue weighted by molar-refractivity contribution is -0.127. The molecule has 0 saturated carbocycles. The lowest BCUT2D eigenvalue weighted by Gasteiger charge is -2.33. The van der Waals surface area contributed by atoms with E-state index in [9.17, 15) is 4.79 Å². The smallest absolute Gasteiger partial charge is 0.240 e. The molecule has 5 nitrogen and oxygen atoms in total. The summed E-state index contributed by atoms with van der Waals surface area (Å²) in [5.74, 6) is 0.103. The van der Waals surface area contributed by atoms with Crippen molar-refractivity contribution in [3.8, 4) is 0 Å².